The lowest BCUT2D eigenvalue weighted by Gasteiger charge is -2.04. The SMILES string of the molecule is COCCOCCOc1cccs1. The summed E-state index contributed by atoms with van der Waals surface area (Å²) in [5.41, 5.74) is 0. The van der Waals surface area contributed by atoms with Gasteiger partial charge in [-0.25, -0.2) is 0 Å². The van der Waals surface area contributed by atoms with E-state index in [0.29, 0.717) is 26.4 Å². The van der Waals surface area contributed by atoms with E-state index in [-0.39, 0.29) is 0 Å². The summed E-state index contributed by atoms with van der Waals surface area (Å²) in [7, 11) is 1.66. The van der Waals surface area contributed by atoms with Gasteiger partial charge in [0.25, 0.3) is 0 Å². The second kappa shape index (κ2) is 6.88. The topological polar surface area (TPSA) is 27.7 Å². The standard InChI is InChI=1S/C9H14O3S/c1-10-4-5-11-6-7-12-9-3-2-8-13-9/h2-3,8H,4-7H2,1H3. The Hall–Kier alpha value is -0.580. The molecule has 0 aliphatic carbocycles. The molecule has 0 bridgehead atoms. The third kappa shape index (κ3) is 4.87. The lowest BCUT2D eigenvalue weighted by Crippen LogP contribution is -2.09. The number of hydrogen-bond acceptors (Lipinski definition) is 4. The molecule has 1 aromatic heterocycles. The van der Waals surface area contributed by atoms with Gasteiger partial charge in [-0.05, 0) is 17.5 Å². The van der Waals surface area contributed by atoms with Crippen LogP contribution in [0.15, 0.2) is 17.5 Å². The van der Waals surface area contributed by atoms with Gasteiger partial charge in [0.15, 0.2) is 5.06 Å². The van der Waals surface area contributed by atoms with Crippen LogP contribution in [-0.4, -0.2) is 33.5 Å². The Kier molecular flexibility index (Phi) is 5.56. The second-order valence-electron chi connectivity index (χ2n) is 2.39. The maximum Gasteiger partial charge on any atom is 0.173 e. The highest BCUT2D eigenvalue weighted by Gasteiger charge is 1.93. The molecule has 0 saturated carbocycles. The van der Waals surface area contributed by atoms with Gasteiger partial charge in [0, 0.05) is 7.11 Å². The van der Waals surface area contributed by atoms with E-state index < -0.39 is 0 Å². The largest absolute Gasteiger partial charge is 0.482 e. The minimum Gasteiger partial charge on any atom is -0.482 e. The molecule has 0 aromatic carbocycles. The molecule has 74 valence electrons. The first kappa shape index (κ1) is 10.5. The first-order valence-electron chi connectivity index (χ1n) is 4.16. The van der Waals surface area contributed by atoms with Crippen molar-refractivity contribution in [1.29, 1.82) is 0 Å². The fourth-order valence-corrected chi connectivity index (χ4v) is 1.39. The van der Waals surface area contributed by atoms with E-state index in [4.69, 9.17) is 14.2 Å². The minimum atomic E-state index is 0.601. The van der Waals surface area contributed by atoms with Gasteiger partial charge < -0.3 is 14.2 Å². The van der Waals surface area contributed by atoms with Crippen molar-refractivity contribution in [2.45, 2.75) is 0 Å². The van der Waals surface area contributed by atoms with E-state index in [1.807, 2.05) is 17.5 Å². The number of ether oxygens (including phenoxy) is 3. The van der Waals surface area contributed by atoms with Crippen LogP contribution in [0.1, 0.15) is 0 Å². The van der Waals surface area contributed by atoms with E-state index in [9.17, 15) is 0 Å². The van der Waals surface area contributed by atoms with Gasteiger partial charge in [0.2, 0.25) is 0 Å². The van der Waals surface area contributed by atoms with E-state index in [0.717, 1.165) is 5.06 Å². The lowest BCUT2D eigenvalue weighted by molar-refractivity contribution is 0.0550. The van der Waals surface area contributed by atoms with Gasteiger partial charge >= 0.3 is 0 Å². The van der Waals surface area contributed by atoms with Crippen LogP contribution in [0.5, 0.6) is 5.06 Å². The van der Waals surface area contributed by atoms with Crippen LogP contribution in [0.4, 0.5) is 0 Å². The summed E-state index contributed by atoms with van der Waals surface area (Å²) in [5.74, 6) is 0. The van der Waals surface area contributed by atoms with Gasteiger partial charge in [0.1, 0.15) is 6.61 Å². The fourth-order valence-electron chi connectivity index (χ4n) is 0.791. The first-order valence-corrected chi connectivity index (χ1v) is 5.04. The average molecular weight is 202 g/mol. The zero-order valence-electron chi connectivity index (χ0n) is 7.69. The van der Waals surface area contributed by atoms with Crippen LogP contribution in [0.25, 0.3) is 0 Å². The number of rotatable bonds is 7. The van der Waals surface area contributed by atoms with Crippen molar-refractivity contribution < 1.29 is 14.2 Å². The highest BCUT2D eigenvalue weighted by molar-refractivity contribution is 7.11. The molecule has 0 atom stereocenters. The third-order valence-electron chi connectivity index (χ3n) is 1.40. The minimum absolute atomic E-state index is 0.601. The highest BCUT2D eigenvalue weighted by Crippen LogP contribution is 2.17. The summed E-state index contributed by atoms with van der Waals surface area (Å²) >= 11 is 1.59. The maximum absolute atomic E-state index is 5.38. The molecule has 0 amide bonds. The second-order valence-corrected chi connectivity index (χ2v) is 3.30. The van der Waals surface area contributed by atoms with Crippen LogP contribution in [0.3, 0.4) is 0 Å². The molecule has 0 aliphatic rings. The third-order valence-corrected chi connectivity index (χ3v) is 2.18. The van der Waals surface area contributed by atoms with E-state index in [1.54, 1.807) is 18.4 Å². The van der Waals surface area contributed by atoms with Gasteiger partial charge in [-0.2, -0.15) is 0 Å². The predicted molar refractivity (Wildman–Crippen MR) is 52.5 cm³/mol. The number of hydrogen-bond donors (Lipinski definition) is 0. The lowest BCUT2D eigenvalue weighted by atomic mass is 10.6. The van der Waals surface area contributed by atoms with Gasteiger partial charge in [-0.15, -0.1) is 11.3 Å². The molecule has 0 fully saturated rings. The van der Waals surface area contributed by atoms with E-state index in [2.05, 4.69) is 0 Å². The van der Waals surface area contributed by atoms with Crippen LogP contribution >= 0.6 is 11.3 Å². The molecule has 0 aliphatic heterocycles. The zero-order chi connectivity index (χ0) is 9.36. The Morgan fingerprint density at radius 1 is 1.23 bits per heavy atom. The van der Waals surface area contributed by atoms with Gasteiger partial charge in [0.05, 0.1) is 19.8 Å². The smallest absolute Gasteiger partial charge is 0.173 e. The van der Waals surface area contributed by atoms with Gasteiger partial charge in [-0.1, -0.05) is 0 Å². The summed E-state index contributed by atoms with van der Waals surface area (Å²) in [6.07, 6.45) is 0. The highest BCUT2D eigenvalue weighted by atomic mass is 32.1. The number of methoxy groups -OCH3 is 1. The molecule has 0 spiro atoms. The van der Waals surface area contributed by atoms with Crippen molar-refractivity contribution in [1.82, 2.24) is 0 Å². The average Bonchev–Trinajstić information content (AvgIpc) is 2.63. The summed E-state index contributed by atoms with van der Waals surface area (Å²) in [6.45, 7) is 2.48. The molecule has 3 nitrogen and oxygen atoms in total. The van der Waals surface area contributed by atoms with Crippen LogP contribution in [0.2, 0.25) is 0 Å². The summed E-state index contributed by atoms with van der Waals surface area (Å²) in [4.78, 5) is 0. The van der Waals surface area contributed by atoms with Crippen molar-refractivity contribution in [3.05, 3.63) is 17.5 Å². The molecule has 13 heavy (non-hydrogen) atoms. The molecule has 0 radical (unpaired) electrons. The molecule has 0 saturated heterocycles. The van der Waals surface area contributed by atoms with Crippen molar-refractivity contribution in [2.75, 3.05) is 33.5 Å². The summed E-state index contributed by atoms with van der Waals surface area (Å²) in [5, 5.41) is 2.93. The van der Waals surface area contributed by atoms with Crippen LogP contribution < -0.4 is 4.74 Å². The van der Waals surface area contributed by atoms with Crippen LogP contribution in [0, 0.1) is 0 Å². The Morgan fingerprint density at radius 3 is 2.77 bits per heavy atom. The number of thiophene rings is 1. The molecule has 0 unspecified atom stereocenters. The van der Waals surface area contributed by atoms with Crippen LogP contribution in [-0.2, 0) is 9.47 Å². The Balaban J connectivity index is 1.90. The summed E-state index contributed by atoms with van der Waals surface area (Å²) in [6, 6.07) is 3.91. The van der Waals surface area contributed by atoms with E-state index in [1.165, 1.54) is 0 Å². The molecule has 0 N–H and O–H groups in total. The quantitative estimate of drug-likeness (QED) is 0.631. The van der Waals surface area contributed by atoms with Crippen molar-refractivity contribution in [3.8, 4) is 5.06 Å². The zero-order valence-corrected chi connectivity index (χ0v) is 8.51. The Labute approximate surface area is 82.2 Å². The molecular weight excluding hydrogens is 188 g/mol. The Bertz CT molecular complexity index is 199. The summed E-state index contributed by atoms with van der Waals surface area (Å²) < 4.78 is 15.4. The van der Waals surface area contributed by atoms with Crippen molar-refractivity contribution in [2.24, 2.45) is 0 Å². The monoisotopic (exact) mass is 202 g/mol. The predicted octanol–water partition coefficient (Wildman–Crippen LogP) is 1.79. The maximum atomic E-state index is 5.38. The molecule has 1 aromatic rings. The molecule has 1 heterocycles. The Morgan fingerprint density at radius 2 is 2.08 bits per heavy atom. The normalized spacial score (nSPS) is 10.2. The molecule has 4 heteroatoms. The fraction of sp³-hybridized carbons (Fsp3) is 0.556. The van der Waals surface area contributed by atoms with Crippen molar-refractivity contribution >= 4 is 11.3 Å². The molecular formula is C9H14O3S. The first-order chi connectivity index (χ1) is 6.43. The molecule has 1 rings (SSSR count). The van der Waals surface area contributed by atoms with Gasteiger partial charge in [-0.3, -0.25) is 0 Å². The van der Waals surface area contributed by atoms with Crippen molar-refractivity contribution in [3.63, 3.8) is 0 Å². The van der Waals surface area contributed by atoms with E-state index >= 15 is 0 Å².